The Bertz CT molecular complexity index is 1300. The number of nitrogens with zero attached hydrogens (tertiary/aromatic N) is 4. The van der Waals surface area contributed by atoms with Gasteiger partial charge in [-0.3, -0.25) is 4.79 Å². The van der Waals surface area contributed by atoms with E-state index in [9.17, 15) is 18.0 Å². The Kier molecular flexibility index (Phi) is 6.14. The summed E-state index contributed by atoms with van der Waals surface area (Å²) in [5.41, 5.74) is 0.0616. The number of benzene rings is 1. The van der Waals surface area contributed by atoms with Gasteiger partial charge in [0.15, 0.2) is 23.2 Å². The first-order valence-corrected chi connectivity index (χ1v) is 11.2. The number of rotatable bonds is 8. The summed E-state index contributed by atoms with van der Waals surface area (Å²) in [5.74, 6) is -3.27. The van der Waals surface area contributed by atoms with Crippen LogP contribution in [0, 0.1) is 23.4 Å². The molecule has 1 amide bonds. The van der Waals surface area contributed by atoms with Crippen molar-refractivity contribution in [3.8, 4) is 11.6 Å². The van der Waals surface area contributed by atoms with Gasteiger partial charge in [0.2, 0.25) is 11.7 Å². The molecular weight excluding hydrogens is 463 g/mol. The number of fused-ring (bicyclic) bond motifs is 1. The molecule has 182 valence electrons. The van der Waals surface area contributed by atoms with Crippen LogP contribution in [0.2, 0.25) is 0 Å². The van der Waals surface area contributed by atoms with Crippen LogP contribution >= 0.6 is 0 Å². The molecule has 1 aliphatic carbocycles. The Morgan fingerprint density at radius 3 is 2.80 bits per heavy atom. The van der Waals surface area contributed by atoms with Crippen LogP contribution in [0.1, 0.15) is 19.3 Å². The number of anilines is 2. The molecule has 0 unspecified atom stereocenters. The number of ether oxygens (including phenoxy) is 2. The zero-order valence-corrected chi connectivity index (χ0v) is 18.6. The molecule has 1 saturated carbocycles. The Morgan fingerprint density at radius 2 is 2.03 bits per heavy atom. The molecule has 8 nitrogen and oxygen atoms in total. The van der Waals surface area contributed by atoms with Gasteiger partial charge in [0, 0.05) is 19.0 Å². The topological polar surface area (TPSA) is 89.5 Å². The van der Waals surface area contributed by atoms with Crippen molar-refractivity contribution in [3.63, 3.8) is 0 Å². The van der Waals surface area contributed by atoms with Crippen LogP contribution in [0.5, 0.6) is 11.6 Å². The molecule has 5 rings (SSSR count). The predicted molar refractivity (Wildman–Crippen MR) is 121 cm³/mol. The van der Waals surface area contributed by atoms with E-state index in [-0.39, 0.29) is 46.6 Å². The minimum atomic E-state index is -1.14. The molecule has 11 heteroatoms. The van der Waals surface area contributed by atoms with E-state index in [0.717, 1.165) is 25.2 Å². The largest absolute Gasteiger partial charge is 0.490 e. The second-order valence-corrected chi connectivity index (χ2v) is 8.50. The van der Waals surface area contributed by atoms with Gasteiger partial charge in [-0.05, 0) is 37.0 Å². The number of carbonyl (C=O) groups is 1. The lowest BCUT2D eigenvalue weighted by atomic mass is 10.2. The molecule has 0 spiro atoms. The number of hydrogen-bond acceptors (Lipinski definition) is 7. The Morgan fingerprint density at radius 1 is 1.20 bits per heavy atom. The number of hydrogen-bond donors (Lipinski definition) is 1. The maximum Gasteiger partial charge on any atom is 0.251 e. The monoisotopic (exact) mass is 485 g/mol. The lowest BCUT2D eigenvalue weighted by Gasteiger charge is -2.16. The van der Waals surface area contributed by atoms with Crippen molar-refractivity contribution in [1.82, 2.24) is 19.9 Å². The Hall–Kier alpha value is -3.89. The molecular formula is C24H22F3N5O3. The SMILES string of the molecule is C=CC(=O)N1CC[C@H](Oc2nc3c(Nc4ccc(OCC5CC5)c(F)c4F)ncnc3cc2F)C1. The molecule has 1 aliphatic heterocycles. The van der Waals surface area contributed by atoms with Gasteiger partial charge >= 0.3 is 0 Å². The van der Waals surface area contributed by atoms with E-state index in [1.54, 1.807) is 4.90 Å². The molecule has 2 aromatic heterocycles. The summed E-state index contributed by atoms with van der Waals surface area (Å²) in [4.78, 5) is 25.6. The van der Waals surface area contributed by atoms with Gasteiger partial charge in [-0.1, -0.05) is 6.58 Å². The zero-order valence-electron chi connectivity index (χ0n) is 18.6. The number of amides is 1. The standard InChI is InChI=1S/C24H22F3N5O3/c1-2-19(33)32-8-7-14(10-32)35-24-15(25)9-17-22(31-24)23(29-12-28-17)30-16-5-6-18(21(27)20(16)26)34-11-13-3-4-13/h2,5-6,9,12-14H,1,3-4,7-8,10-11H2,(H,28,29,30)/t14-/m0/s1. The third-order valence-electron chi connectivity index (χ3n) is 5.91. The van der Waals surface area contributed by atoms with Gasteiger partial charge in [0.1, 0.15) is 17.9 Å². The third kappa shape index (κ3) is 4.84. The van der Waals surface area contributed by atoms with Crippen LogP contribution in [-0.2, 0) is 4.79 Å². The smallest absolute Gasteiger partial charge is 0.251 e. The van der Waals surface area contributed by atoms with Gasteiger partial charge in [0.05, 0.1) is 24.4 Å². The number of likely N-dealkylation sites (tertiary alicyclic amines) is 1. The lowest BCUT2D eigenvalue weighted by Crippen LogP contribution is -2.29. The highest BCUT2D eigenvalue weighted by Crippen LogP contribution is 2.33. The summed E-state index contributed by atoms with van der Waals surface area (Å²) in [7, 11) is 0. The first-order chi connectivity index (χ1) is 16.9. The van der Waals surface area contributed by atoms with Crippen molar-refractivity contribution in [2.75, 3.05) is 25.0 Å². The zero-order chi connectivity index (χ0) is 24.5. The second kappa shape index (κ2) is 9.40. The van der Waals surface area contributed by atoms with E-state index >= 15 is 0 Å². The van der Waals surface area contributed by atoms with E-state index < -0.39 is 23.6 Å². The molecule has 3 heterocycles. The minimum Gasteiger partial charge on any atom is -0.490 e. The summed E-state index contributed by atoms with van der Waals surface area (Å²) in [6.07, 6.45) is 4.44. The van der Waals surface area contributed by atoms with Gasteiger partial charge in [-0.15, -0.1) is 0 Å². The van der Waals surface area contributed by atoms with Gasteiger partial charge in [0.25, 0.3) is 5.88 Å². The third-order valence-corrected chi connectivity index (χ3v) is 5.91. The number of nitrogens with one attached hydrogen (secondary N) is 1. The molecule has 35 heavy (non-hydrogen) atoms. The van der Waals surface area contributed by atoms with Crippen LogP contribution in [0.3, 0.4) is 0 Å². The summed E-state index contributed by atoms with van der Waals surface area (Å²) < 4.78 is 55.0. The van der Waals surface area contributed by atoms with Crippen LogP contribution < -0.4 is 14.8 Å². The number of pyridine rings is 1. The lowest BCUT2D eigenvalue weighted by molar-refractivity contribution is -0.125. The molecule has 2 fully saturated rings. The van der Waals surface area contributed by atoms with E-state index in [4.69, 9.17) is 9.47 Å². The number of aromatic nitrogens is 3. The molecule has 0 radical (unpaired) electrons. The van der Waals surface area contributed by atoms with Crippen LogP contribution in [-0.4, -0.2) is 51.6 Å². The van der Waals surface area contributed by atoms with Crippen molar-refractivity contribution in [2.24, 2.45) is 5.92 Å². The second-order valence-electron chi connectivity index (χ2n) is 8.50. The predicted octanol–water partition coefficient (Wildman–Crippen LogP) is 4.14. The Balaban J connectivity index is 1.38. The number of halogens is 3. The summed E-state index contributed by atoms with van der Waals surface area (Å²) in [6, 6.07) is 3.79. The van der Waals surface area contributed by atoms with E-state index in [1.807, 2.05) is 0 Å². The first kappa shape index (κ1) is 22.9. The molecule has 1 atom stereocenters. The van der Waals surface area contributed by atoms with E-state index in [0.29, 0.717) is 25.5 Å². The highest BCUT2D eigenvalue weighted by molar-refractivity contribution is 5.88. The quantitative estimate of drug-likeness (QED) is 0.480. The highest BCUT2D eigenvalue weighted by atomic mass is 19.2. The average molecular weight is 485 g/mol. The van der Waals surface area contributed by atoms with Crippen molar-refractivity contribution in [2.45, 2.75) is 25.4 Å². The Labute approximate surface area is 198 Å². The molecule has 2 aliphatic rings. The van der Waals surface area contributed by atoms with Crippen molar-refractivity contribution in [1.29, 1.82) is 0 Å². The minimum absolute atomic E-state index is 0.0414. The molecule has 0 bridgehead atoms. The van der Waals surface area contributed by atoms with E-state index in [1.165, 1.54) is 18.2 Å². The normalized spacial score (nSPS) is 17.5. The molecule has 1 N–H and O–H groups in total. The number of carbonyl (C=O) groups excluding carboxylic acids is 1. The van der Waals surface area contributed by atoms with Crippen molar-refractivity contribution in [3.05, 3.63) is 54.6 Å². The summed E-state index contributed by atoms with van der Waals surface area (Å²) in [6.45, 7) is 4.52. The fourth-order valence-electron chi connectivity index (χ4n) is 3.79. The molecule has 1 saturated heterocycles. The van der Waals surface area contributed by atoms with Crippen molar-refractivity contribution < 1.29 is 27.4 Å². The van der Waals surface area contributed by atoms with Gasteiger partial charge in [-0.2, -0.15) is 4.39 Å². The fourth-order valence-corrected chi connectivity index (χ4v) is 3.79. The van der Waals surface area contributed by atoms with Gasteiger partial charge < -0.3 is 19.7 Å². The van der Waals surface area contributed by atoms with Crippen LogP contribution in [0.4, 0.5) is 24.7 Å². The average Bonchev–Trinajstić information content (AvgIpc) is 3.57. The maximum absolute atomic E-state index is 14.7. The first-order valence-electron chi connectivity index (χ1n) is 11.2. The van der Waals surface area contributed by atoms with E-state index in [2.05, 4.69) is 26.8 Å². The summed E-state index contributed by atoms with van der Waals surface area (Å²) in [5, 5.41) is 2.70. The molecule has 1 aromatic carbocycles. The van der Waals surface area contributed by atoms with Crippen LogP contribution in [0.25, 0.3) is 11.0 Å². The fraction of sp³-hybridized carbons (Fsp3) is 0.333. The highest BCUT2D eigenvalue weighted by Gasteiger charge is 2.28. The summed E-state index contributed by atoms with van der Waals surface area (Å²) >= 11 is 0. The van der Waals surface area contributed by atoms with Gasteiger partial charge in [-0.25, -0.2) is 23.7 Å². The maximum atomic E-state index is 14.7. The molecule has 3 aromatic rings. The van der Waals surface area contributed by atoms with Crippen LogP contribution in [0.15, 0.2) is 37.2 Å². The van der Waals surface area contributed by atoms with Crippen molar-refractivity contribution >= 4 is 28.4 Å².